The van der Waals surface area contributed by atoms with Crippen LogP contribution in [0.1, 0.15) is 34.0 Å². The van der Waals surface area contributed by atoms with Crippen molar-refractivity contribution in [3.8, 4) is 0 Å². The van der Waals surface area contributed by atoms with Crippen LogP contribution in [0.5, 0.6) is 0 Å². The van der Waals surface area contributed by atoms with Crippen molar-refractivity contribution < 1.29 is 27.5 Å². The topological polar surface area (TPSA) is 58.6 Å². The molecule has 5 nitrogen and oxygen atoms in total. The number of nitrogens with one attached hydrogen (secondary N) is 1. The third-order valence-corrected chi connectivity index (χ3v) is 4.62. The second-order valence-electron chi connectivity index (χ2n) is 6.65. The van der Waals surface area contributed by atoms with E-state index in [0.29, 0.717) is 5.56 Å². The summed E-state index contributed by atoms with van der Waals surface area (Å²) in [6.45, 7) is 1.85. The fraction of sp³-hybridized carbons (Fsp3) is 0.333. The number of carbonyl (C=O) groups is 2. The van der Waals surface area contributed by atoms with E-state index in [2.05, 4.69) is 10.1 Å². The van der Waals surface area contributed by atoms with Crippen LogP contribution in [0, 0.1) is 0 Å². The van der Waals surface area contributed by atoms with Gasteiger partial charge in [0.15, 0.2) is 0 Å². The largest absolute Gasteiger partial charge is 0.465 e. The fourth-order valence-electron chi connectivity index (χ4n) is 2.75. The standard InChI is InChI=1S/C21H23F3N2O3/c1-14(26(2)13-17-6-4-5-7-18(17)21(22,23)24)19(27)25-12-15-8-10-16(11-9-15)20(28)29-3/h4-11,14H,12-13H2,1-3H3,(H,25,27). The SMILES string of the molecule is COC(=O)c1ccc(CNC(=O)C(C)N(C)Cc2ccccc2C(F)(F)F)cc1. The summed E-state index contributed by atoms with van der Waals surface area (Å²) in [6.07, 6.45) is -4.45. The van der Waals surface area contributed by atoms with Gasteiger partial charge in [-0.3, -0.25) is 9.69 Å². The van der Waals surface area contributed by atoms with Crippen LogP contribution in [0.25, 0.3) is 0 Å². The van der Waals surface area contributed by atoms with Gasteiger partial charge in [-0.05, 0) is 43.3 Å². The molecule has 2 aromatic carbocycles. The zero-order valence-corrected chi connectivity index (χ0v) is 16.4. The first-order valence-corrected chi connectivity index (χ1v) is 8.93. The Hall–Kier alpha value is -2.87. The molecule has 1 unspecified atom stereocenters. The van der Waals surface area contributed by atoms with Crippen molar-refractivity contribution in [2.45, 2.75) is 32.2 Å². The average Bonchev–Trinajstić information content (AvgIpc) is 2.70. The van der Waals surface area contributed by atoms with Gasteiger partial charge in [0, 0.05) is 13.1 Å². The molecule has 1 amide bonds. The van der Waals surface area contributed by atoms with Crippen molar-refractivity contribution in [1.29, 1.82) is 0 Å². The highest BCUT2D eigenvalue weighted by atomic mass is 19.4. The molecule has 1 N–H and O–H groups in total. The van der Waals surface area contributed by atoms with Gasteiger partial charge in [-0.2, -0.15) is 13.2 Å². The molecule has 0 aliphatic heterocycles. The summed E-state index contributed by atoms with van der Waals surface area (Å²) >= 11 is 0. The zero-order valence-electron chi connectivity index (χ0n) is 16.4. The Morgan fingerprint density at radius 3 is 2.31 bits per heavy atom. The molecule has 0 heterocycles. The highest BCUT2D eigenvalue weighted by molar-refractivity contribution is 5.89. The van der Waals surface area contributed by atoms with E-state index in [-0.39, 0.29) is 24.6 Å². The predicted molar refractivity (Wildman–Crippen MR) is 102 cm³/mol. The van der Waals surface area contributed by atoms with Gasteiger partial charge in [0.05, 0.1) is 24.3 Å². The van der Waals surface area contributed by atoms with Crippen molar-refractivity contribution in [1.82, 2.24) is 10.2 Å². The summed E-state index contributed by atoms with van der Waals surface area (Å²) < 4.78 is 44.0. The number of likely N-dealkylation sites (N-methyl/N-ethyl adjacent to an activating group) is 1. The first-order chi connectivity index (χ1) is 13.6. The number of carbonyl (C=O) groups excluding carboxylic acids is 2. The van der Waals surface area contributed by atoms with Crippen LogP contribution >= 0.6 is 0 Å². The number of hydrogen-bond acceptors (Lipinski definition) is 4. The van der Waals surface area contributed by atoms with Crippen LogP contribution in [-0.2, 0) is 28.8 Å². The van der Waals surface area contributed by atoms with Crippen molar-refractivity contribution in [2.24, 2.45) is 0 Å². The van der Waals surface area contributed by atoms with Gasteiger partial charge in [0.1, 0.15) is 0 Å². The lowest BCUT2D eigenvalue weighted by Crippen LogP contribution is -2.42. The monoisotopic (exact) mass is 408 g/mol. The molecule has 2 rings (SSSR count). The number of halogens is 3. The zero-order chi connectivity index (χ0) is 21.6. The molecule has 2 aromatic rings. The van der Waals surface area contributed by atoms with E-state index in [9.17, 15) is 22.8 Å². The van der Waals surface area contributed by atoms with Gasteiger partial charge in [0.25, 0.3) is 0 Å². The number of rotatable bonds is 7. The molecule has 0 aliphatic carbocycles. The first kappa shape index (κ1) is 22.4. The van der Waals surface area contributed by atoms with Crippen LogP contribution in [0.4, 0.5) is 13.2 Å². The Bertz CT molecular complexity index is 851. The summed E-state index contributed by atoms with van der Waals surface area (Å²) in [5.41, 5.74) is 0.591. The second-order valence-corrected chi connectivity index (χ2v) is 6.65. The normalized spacial score (nSPS) is 12.5. The molecule has 0 saturated heterocycles. The number of benzene rings is 2. The first-order valence-electron chi connectivity index (χ1n) is 8.93. The Morgan fingerprint density at radius 2 is 1.72 bits per heavy atom. The smallest absolute Gasteiger partial charge is 0.416 e. The van der Waals surface area contributed by atoms with E-state index in [0.717, 1.165) is 11.6 Å². The third kappa shape index (κ3) is 6.05. The van der Waals surface area contributed by atoms with Gasteiger partial charge in [-0.15, -0.1) is 0 Å². The van der Waals surface area contributed by atoms with Crippen LogP contribution in [0.3, 0.4) is 0 Å². The molecule has 0 saturated carbocycles. The Kier molecular flexibility index (Phi) is 7.39. The van der Waals surface area contributed by atoms with Crippen LogP contribution in [0.15, 0.2) is 48.5 Å². The van der Waals surface area contributed by atoms with Gasteiger partial charge >= 0.3 is 12.1 Å². The van der Waals surface area contributed by atoms with E-state index in [1.54, 1.807) is 49.2 Å². The number of alkyl halides is 3. The number of amides is 1. The molecule has 0 fully saturated rings. The number of nitrogens with zero attached hydrogens (tertiary/aromatic N) is 1. The second kappa shape index (κ2) is 9.56. The number of hydrogen-bond donors (Lipinski definition) is 1. The number of esters is 1. The Morgan fingerprint density at radius 1 is 1.10 bits per heavy atom. The number of ether oxygens (including phenoxy) is 1. The van der Waals surface area contributed by atoms with Crippen molar-refractivity contribution >= 4 is 11.9 Å². The minimum absolute atomic E-state index is 0.0158. The molecule has 156 valence electrons. The van der Waals surface area contributed by atoms with Gasteiger partial charge in [-0.25, -0.2) is 4.79 Å². The van der Waals surface area contributed by atoms with Crippen LogP contribution in [0.2, 0.25) is 0 Å². The lowest BCUT2D eigenvalue weighted by atomic mass is 10.1. The van der Waals surface area contributed by atoms with Gasteiger partial charge in [-0.1, -0.05) is 30.3 Å². The molecule has 0 bridgehead atoms. The lowest BCUT2D eigenvalue weighted by Gasteiger charge is -2.25. The van der Waals surface area contributed by atoms with E-state index in [1.165, 1.54) is 19.2 Å². The quantitative estimate of drug-likeness (QED) is 0.711. The lowest BCUT2D eigenvalue weighted by molar-refractivity contribution is -0.138. The van der Waals surface area contributed by atoms with Gasteiger partial charge in [0.2, 0.25) is 5.91 Å². The minimum Gasteiger partial charge on any atom is -0.465 e. The molecular weight excluding hydrogens is 385 g/mol. The van der Waals surface area contributed by atoms with E-state index < -0.39 is 23.8 Å². The van der Waals surface area contributed by atoms with Crippen LogP contribution < -0.4 is 5.32 Å². The van der Waals surface area contributed by atoms with E-state index >= 15 is 0 Å². The molecule has 0 radical (unpaired) electrons. The molecule has 29 heavy (non-hydrogen) atoms. The summed E-state index contributed by atoms with van der Waals surface area (Å²) in [5, 5.41) is 2.75. The summed E-state index contributed by atoms with van der Waals surface area (Å²) in [6, 6.07) is 11.3. The maximum absolute atomic E-state index is 13.1. The highest BCUT2D eigenvalue weighted by Gasteiger charge is 2.33. The summed E-state index contributed by atoms with van der Waals surface area (Å²) in [5.74, 6) is -0.760. The molecule has 0 spiro atoms. The van der Waals surface area contributed by atoms with Crippen molar-refractivity contribution in [3.05, 3.63) is 70.8 Å². The predicted octanol–water partition coefficient (Wildman–Crippen LogP) is 3.63. The maximum Gasteiger partial charge on any atom is 0.416 e. The molecule has 0 aromatic heterocycles. The Labute approximate surface area is 167 Å². The molecule has 1 atom stereocenters. The van der Waals surface area contributed by atoms with Crippen molar-refractivity contribution in [3.63, 3.8) is 0 Å². The average molecular weight is 408 g/mol. The maximum atomic E-state index is 13.1. The van der Waals surface area contributed by atoms with Crippen LogP contribution in [-0.4, -0.2) is 37.0 Å². The Balaban J connectivity index is 1.95. The minimum atomic E-state index is -4.45. The fourth-order valence-corrected chi connectivity index (χ4v) is 2.75. The van der Waals surface area contributed by atoms with E-state index in [4.69, 9.17) is 0 Å². The summed E-state index contributed by atoms with van der Waals surface area (Å²) in [7, 11) is 2.89. The number of methoxy groups -OCH3 is 1. The van der Waals surface area contributed by atoms with Gasteiger partial charge < -0.3 is 10.1 Å². The summed E-state index contributed by atoms with van der Waals surface area (Å²) in [4.78, 5) is 25.4. The third-order valence-electron chi connectivity index (χ3n) is 4.62. The molecule has 8 heteroatoms. The van der Waals surface area contributed by atoms with Crippen molar-refractivity contribution in [2.75, 3.05) is 14.2 Å². The molecular formula is C21H23F3N2O3. The van der Waals surface area contributed by atoms with E-state index in [1.807, 2.05) is 0 Å². The molecule has 0 aliphatic rings. The highest BCUT2D eigenvalue weighted by Crippen LogP contribution is 2.32.